The number of hydrogen-bond donors (Lipinski definition) is 1. The van der Waals surface area contributed by atoms with Crippen LogP contribution < -0.4 is 0 Å². The molecule has 4 aromatic carbocycles. The summed E-state index contributed by atoms with van der Waals surface area (Å²) in [4.78, 5) is 14.5. The molecule has 0 aliphatic rings. The third kappa shape index (κ3) is 11.1. The largest absolute Gasteiger partial charge is 0.416 e. The maximum absolute atomic E-state index is 12.7. The molecule has 6 aromatic rings. The van der Waals surface area contributed by atoms with Crippen LogP contribution in [0.2, 0.25) is 0 Å². The molecule has 1 N–H and O–H groups in total. The van der Waals surface area contributed by atoms with Gasteiger partial charge in [0.1, 0.15) is 6.54 Å². The van der Waals surface area contributed by atoms with Gasteiger partial charge in [0.25, 0.3) is 0 Å². The van der Waals surface area contributed by atoms with Crippen LogP contribution in [0.5, 0.6) is 0 Å². The minimum absolute atomic E-state index is 0.00184. The Morgan fingerprint density at radius 1 is 0.625 bits per heavy atom. The lowest BCUT2D eigenvalue weighted by atomic mass is 9.98. The van der Waals surface area contributed by atoms with E-state index < -0.39 is 29.6 Å². The van der Waals surface area contributed by atoms with E-state index in [1.54, 1.807) is 13.8 Å². The molecule has 2 aromatic heterocycles. The maximum atomic E-state index is 12.7. The van der Waals surface area contributed by atoms with Crippen molar-refractivity contribution in [3.8, 4) is 22.8 Å². The van der Waals surface area contributed by atoms with Gasteiger partial charge in [-0.2, -0.15) is 35.9 Å². The fraction of sp³-hybridized carbons (Fsp3) is 0.325. The first kappa shape index (κ1) is 41.4. The summed E-state index contributed by atoms with van der Waals surface area (Å²) >= 11 is 0. The van der Waals surface area contributed by atoms with E-state index >= 15 is 0 Å². The normalized spacial score (nSPS) is 12.4. The minimum Gasteiger partial charge on any atom is -0.391 e. The molecule has 10 nitrogen and oxygen atoms in total. The number of carbonyl (C=O) groups is 1. The van der Waals surface area contributed by atoms with Gasteiger partial charge in [0.15, 0.2) is 5.78 Å². The molecule has 6 rings (SSSR count). The van der Waals surface area contributed by atoms with Crippen LogP contribution in [0, 0.1) is 11.8 Å². The number of Topliss-reactive ketones (excluding diaryl/α,β-unsaturated/α-hetero) is 1. The van der Waals surface area contributed by atoms with E-state index in [1.807, 2.05) is 62.4 Å². The molecule has 0 spiro atoms. The van der Waals surface area contributed by atoms with E-state index in [0.29, 0.717) is 24.5 Å². The lowest BCUT2D eigenvalue weighted by molar-refractivity contribution is -0.138. The Labute approximate surface area is 319 Å². The van der Waals surface area contributed by atoms with Gasteiger partial charge >= 0.3 is 12.4 Å². The molecule has 1 atom stereocenters. The van der Waals surface area contributed by atoms with Crippen LogP contribution in [-0.2, 0) is 43.1 Å². The number of nitrogens with zero attached hydrogens (tertiary/aromatic N) is 8. The monoisotopic (exact) mass is 778 g/mol. The van der Waals surface area contributed by atoms with Gasteiger partial charge in [-0.1, -0.05) is 100 Å². The van der Waals surface area contributed by atoms with Crippen molar-refractivity contribution in [2.45, 2.75) is 72.1 Å². The standard InChI is InChI=1S/C20H21F3N4O.C20H19F3N4O/c2*1-13(2)18(28)12-27-25-19(24-26-27)17-6-4-3-5-15(17)11-14-7-9-16(10-8-14)20(21,22)23/h3-10,13,18,28H,11-12H2,1-2H3;3-10,13H,11-12H2,1-2H3. The summed E-state index contributed by atoms with van der Waals surface area (Å²) in [6.07, 6.45) is -8.42. The molecule has 0 saturated carbocycles. The molecule has 56 heavy (non-hydrogen) atoms. The highest BCUT2D eigenvalue weighted by molar-refractivity contribution is 5.79. The molecular weight excluding hydrogens is 738 g/mol. The maximum Gasteiger partial charge on any atom is 0.416 e. The number of aliphatic hydroxyl groups excluding tert-OH is 1. The average Bonchev–Trinajstić information content (AvgIpc) is 3.82. The number of alkyl halides is 6. The van der Waals surface area contributed by atoms with E-state index in [1.165, 1.54) is 33.9 Å². The van der Waals surface area contributed by atoms with Crippen LogP contribution in [0.4, 0.5) is 26.3 Å². The molecule has 0 amide bonds. The first-order chi connectivity index (χ1) is 26.5. The summed E-state index contributed by atoms with van der Waals surface area (Å²) in [6.45, 7) is 7.71. The van der Waals surface area contributed by atoms with Crippen molar-refractivity contribution in [1.29, 1.82) is 0 Å². The predicted octanol–water partition coefficient (Wildman–Crippen LogP) is 8.14. The molecule has 0 bridgehead atoms. The molecular formula is C40H40F6N8O2. The third-order valence-electron chi connectivity index (χ3n) is 8.84. The number of rotatable bonds is 12. The van der Waals surface area contributed by atoms with Gasteiger partial charge in [0.05, 0.1) is 23.8 Å². The van der Waals surface area contributed by atoms with Crippen LogP contribution in [0.3, 0.4) is 0 Å². The average molecular weight is 779 g/mol. The molecule has 0 saturated heterocycles. The van der Waals surface area contributed by atoms with Gasteiger partial charge < -0.3 is 5.11 Å². The van der Waals surface area contributed by atoms with Gasteiger partial charge in [0.2, 0.25) is 11.6 Å². The fourth-order valence-electron chi connectivity index (χ4n) is 5.39. The van der Waals surface area contributed by atoms with Crippen molar-refractivity contribution in [2.75, 3.05) is 0 Å². The summed E-state index contributed by atoms with van der Waals surface area (Å²) in [5.74, 6) is 0.738. The predicted molar refractivity (Wildman–Crippen MR) is 196 cm³/mol. The Morgan fingerprint density at radius 3 is 1.45 bits per heavy atom. The first-order valence-corrected chi connectivity index (χ1v) is 17.7. The quantitative estimate of drug-likeness (QED) is 0.124. The smallest absolute Gasteiger partial charge is 0.391 e. The van der Waals surface area contributed by atoms with Gasteiger partial charge in [-0.05, 0) is 75.7 Å². The van der Waals surface area contributed by atoms with Crippen molar-refractivity contribution in [1.82, 2.24) is 40.4 Å². The van der Waals surface area contributed by atoms with Gasteiger partial charge in [-0.25, -0.2) is 0 Å². The van der Waals surface area contributed by atoms with Crippen molar-refractivity contribution < 1.29 is 36.2 Å². The highest BCUT2D eigenvalue weighted by Crippen LogP contribution is 2.31. The Kier molecular flexibility index (Phi) is 13.2. The second kappa shape index (κ2) is 17.8. The van der Waals surface area contributed by atoms with E-state index in [2.05, 4.69) is 30.8 Å². The summed E-state index contributed by atoms with van der Waals surface area (Å²) < 4.78 is 76.4. The van der Waals surface area contributed by atoms with Gasteiger partial charge in [-0.3, -0.25) is 4.79 Å². The number of benzene rings is 4. The first-order valence-electron chi connectivity index (χ1n) is 17.7. The second-order valence-electron chi connectivity index (χ2n) is 13.8. The van der Waals surface area contributed by atoms with Gasteiger partial charge in [0, 0.05) is 17.0 Å². The minimum atomic E-state index is -4.35. The number of halogens is 6. The SMILES string of the molecule is CC(C)C(=O)Cn1nnc(-c2ccccc2Cc2ccc(C(F)(F)F)cc2)n1.CC(C)C(O)Cn1nnc(-c2ccccc2Cc2ccc(C(F)(F)F)cc2)n1. The highest BCUT2D eigenvalue weighted by atomic mass is 19.4. The van der Waals surface area contributed by atoms with E-state index in [-0.39, 0.29) is 30.7 Å². The van der Waals surface area contributed by atoms with Crippen LogP contribution in [0.1, 0.15) is 61.1 Å². The molecule has 1 unspecified atom stereocenters. The summed E-state index contributed by atoms with van der Waals surface area (Å²) in [7, 11) is 0. The van der Waals surface area contributed by atoms with Crippen molar-refractivity contribution in [3.63, 3.8) is 0 Å². The molecule has 2 heterocycles. The molecule has 0 fully saturated rings. The molecule has 0 aliphatic carbocycles. The number of tetrazole rings is 2. The Bertz CT molecular complexity index is 2190. The van der Waals surface area contributed by atoms with Crippen molar-refractivity contribution >= 4 is 5.78 Å². The van der Waals surface area contributed by atoms with Crippen molar-refractivity contribution in [3.05, 3.63) is 130 Å². The Hall–Kier alpha value is -5.77. The Balaban J connectivity index is 0.000000214. The molecule has 0 aliphatic heterocycles. The lowest BCUT2D eigenvalue weighted by Crippen LogP contribution is -2.23. The topological polar surface area (TPSA) is 125 Å². The van der Waals surface area contributed by atoms with Gasteiger partial charge in [-0.15, -0.1) is 20.4 Å². The Morgan fingerprint density at radius 2 is 1.04 bits per heavy atom. The van der Waals surface area contributed by atoms with Crippen LogP contribution in [0.15, 0.2) is 97.1 Å². The molecule has 0 radical (unpaired) electrons. The van der Waals surface area contributed by atoms with E-state index in [9.17, 15) is 36.2 Å². The fourth-order valence-corrected chi connectivity index (χ4v) is 5.39. The van der Waals surface area contributed by atoms with Crippen LogP contribution >= 0.6 is 0 Å². The summed E-state index contributed by atoms with van der Waals surface area (Å²) in [5.41, 5.74) is 3.37. The van der Waals surface area contributed by atoms with E-state index in [0.717, 1.165) is 57.6 Å². The third-order valence-corrected chi connectivity index (χ3v) is 8.84. The zero-order valence-corrected chi connectivity index (χ0v) is 31.0. The number of aromatic nitrogens is 8. The number of carbonyl (C=O) groups excluding carboxylic acids is 1. The zero-order valence-electron chi connectivity index (χ0n) is 31.0. The highest BCUT2D eigenvalue weighted by Gasteiger charge is 2.31. The second-order valence-corrected chi connectivity index (χ2v) is 13.8. The number of aliphatic hydroxyl groups is 1. The number of ketones is 1. The van der Waals surface area contributed by atoms with Crippen LogP contribution in [0.25, 0.3) is 22.8 Å². The number of hydrogen-bond acceptors (Lipinski definition) is 8. The summed E-state index contributed by atoms with van der Waals surface area (Å²) in [5, 5.41) is 34.6. The lowest BCUT2D eigenvalue weighted by Gasteiger charge is -2.12. The van der Waals surface area contributed by atoms with E-state index in [4.69, 9.17) is 0 Å². The zero-order chi connectivity index (χ0) is 40.6. The molecule has 16 heteroatoms. The van der Waals surface area contributed by atoms with Crippen molar-refractivity contribution in [2.24, 2.45) is 11.8 Å². The molecule has 294 valence electrons. The van der Waals surface area contributed by atoms with Crippen LogP contribution in [-0.4, -0.2) is 57.4 Å². The summed E-state index contributed by atoms with van der Waals surface area (Å²) in [6, 6.07) is 25.0.